The summed E-state index contributed by atoms with van der Waals surface area (Å²) in [5.41, 5.74) is 1.11. The summed E-state index contributed by atoms with van der Waals surface area (Å²) >= 11 is 0. The number of ether oxygens (including phenoxy) is 1. The van der Waals surface area contributed by atoms with E-state index in [-0.39, 0.29) is 11.3 Å². The zero-order valence-electron chi connectivity index (χ0n) is 11.4. The molecule has 0 bridgehead atoms. The third-order valence-corrected chi connectivity index (χ3v) is 3.79. The van der Waals surface area contributed by atoms with E-state index >= 15 is 0 Å². The van der Waals surface area contributed by atoms with Crippen molar-refractivity contribution in [3.63, 3.8) is 0 Å². The molecule has 18 heavy (non-hydrogen) atoms. The Morgan fingerprint density at radius 1 is 1.28 bits per heavy atom. The maximum atomic E-state index is 9.66. The number of phenolic OH excluding ortho intramolecular Hbond substituents is 1. The van der Waals surface area contributed by atoms with Crippen LogP contribution in [0.1, 0.15) is 19.4 Å². The third-order valence-electron chi connectivity index (χ3n) is 3.79. The van der Waals surface area contributed by atoms with Crippen molar-refractivity contribution in [1.29, 1.82) is 0 Å². The molecule has 1 saturated heterocycles. The van der Waals surface area contributed by atoms with Crippen molar-refractivity contribution in [1.82, 2.24) is 10.2 Å². The molecule has 0 amide bonds. The van der Waals surface area contributed by atoms with Gasteiger partial charge in [0.15, 0.2) is 11.5 Å². The smallest absolute Gasteiger partial charge is 0.160 e. The molecule has 0 aliphatic carbocycles. The first-order chi connectivity index (χ1) is 8.55. The summed E-state index contributed by atoms with van der Waals surface area (Å²) in [5.74, 6) is 0.730. The quantitative estimate of drug-likeness (QED) is 0.854. The predicted octanol–water partition coefficient (Wildman–Crippen LogP) is 1.54. The molecule has 4 heteroatoms. The molecule has 1 fully saturated rings. The van der Waals surface area contributed by atoms with Gasteiger partial charge in [0, 0.05) is 31.7 Å². The molecule has 1 aromatic rings. The number of aromatic hydroxyl groups is 1. The molecule has 0 radical (unpaired) electrons. The van der Waals surface area contributed by atoms with E-state index in [1.54, 1.807) is 13.2 Å². The van der Waals surface area contributed by atoms with Gasteiger partial charge in [-0.3, -0.25) is 4.90 Å². The molecule has 0 spiro atoms. The number of piperazine rings is 1. The molecule has 0 unspecified atom stereocenters. The van der Waals surface area contributed by atoms with E-state index in [1.807, 2.05) is 12.1 Å². The zero-order valence-corrected chi connectivity index (χ0v) is 11.4. The fourth-order valence-electron chi connectivity index (χ4n) is 2.46. The maximum absolute atomic E-state index is 9.66. The van der Waals surface area contributed by atoms with Gasteiger partial charge in [-0.15, -0.1) is 0 Å². The van der Waals surface area contributed by atoms with E-state index in [9.17, 15) is 5.11 Å². The lowest BCUT2D eigenvalue weighted by molar-refractivity contribution is 0.102. The van der Waals surface area contributed by atoms with Crippen LogP contribution in [0.4, 0.5) is 0 Å². The first-order valence-electron chi connectivity index (χ1n) is 6.39. The van der Waals surface area contributed by atoms with Crippen molar-refractivity contribution >= 4 is 0 Å². The van der Waals surface area contributed by atoms with E-state index in [0.29, 0.717) is 5.75 Å². The Morgan fingerprint density at radius 2 is 1.94 bits per heavy atom. The summed E-state index contributed by atoms with van der Waals surface area (Å²) in [6.45, 7) is 8.55. The Bertz CT molecular complexity index is 412. The number of nitrogens with one attached hydrogen (secondary N) is 1. The summed E-state index contributed by atoms with van der Waals surface area (Å²) in [7, 11) is 1.58. The van der Waals surface area contributed by atoms with Crippen LogP contribution in [-0.4, -0.2) is 43.3 Å². The second kappa shape index (κ2) is 5.16. The molecule has 100 valence electrons. The Hall–Kier alpha value is -1.26. The maximum Gasteiger partial charge on any atom is 0.160 e. The molecular weight excluding hydrogens is 228 g/mol. The highest BCUT2D eigenvalue weighted by Gasteiger charge is 2.30. The normalized spacial score (nSPS) is 17.7. The number of hydrogen-bond donors (Lipinski definition) is 2. The van der Waals surface area contributed by atoms with E-state index in [4.69, 9.17) is 4.74 Å². The van der Waals surface area contributed by atoms with Gasteiger partial charge >= 0.3 is 0 Å². The van der Waals surface area contributed by atoms with Crippen LogP contribution >= 0.6 is 0 Å². The van der Waals surface area contributed by atoms with Crippen LogP contribution in [0.2, 0.25) is 0 Å². The van der Waals surface area contributed by atoms with Crippen molar-refractivity contribution in [2.24, 2.45) is 0 Å². The molecule has 0 aromatic heterocycles. The van der Waals surface area contributed by atoms with Gasteiger partial charge in [0.1, 0.15) is 0 Å². The van der Waals surface area contributed by atoms with Crippen LogP contribution in [0, 0.1) is 0 Å². The molecule has 1 aromatic carbocycles. The number of nitrogens with zero attached hydrogens (tertiary/aromatic N) is 1. The Labute approximate surface area is 109 Å². The number of hydrogen-bond acceptors (Lipinski definition) is 4. The molecule has 0 saturated carbocycles. The first kappa shape index (κ1) is 13.2. The second-order valence-electron chi connectivity index (χ2n) is 5.18. The highest BCUT2D eigenvalue weighted by atomic mass is 16.5. The lowest BCUT2D eigenvalue weighted by Crippen LogP contribution is -2.51. The van der Waals surface area contributed by atoms with Gasteiger partial charge < -0.3 is 15.2 Å². The summed E-state index contributed by atoms with van der Waals surface area (Å²) in [5, 5.41) is 13.0. The monoisotopic (exact) mass is 250 g/mol. The highest BCUT2D eigenvalue weighted by molar-refractivity contribution is 5.43. The average molecular weight is 250 g/mol. The second-order valence-corrected chi connectivity index (χ2v) is 5.18. The third kappa shape index (κ3) is 2.44. The molecule has 1 aliphatic heterocycles. The average Bonchev–Trinajstić information content (AvgIpc) is 2.40. The minimum atomic E-state index is -0.0525. The predicted molar refractivity (Wildman–Crippen MR) is 72.1 cm³/mol. The number of benzene rings is 1. The summed E-state index contributed by atoms with van der Waals surface area (Å²) in [6, 6.07) is 5.61. The van der Waals surface area contributed by atoms with Crippen molar-refractivity contribution < 1.29 is 9.84 Å². The topological polar surface area (TPSA) is 44.7 Å². The minimum Gasteiger partial charge on any atom is -0.504 e. The minimum absolute atomic E-state index is 0.0525. The lowest BCUT2D eigenvalue weighted by Gasteiger charge is -2.41. The van der Waals surface area contributed by atoms with Crippen LogP contribution < -0.4 is 10.1 Å². The molecule has 1 aliphatic rings. The van der Waals surface area contributed by atoms with E-state index in [0.717, 1.165) is 26.2 Å². The fourth-order valence-corrected chi connectivity index (χ4v) is 2.46. The van der Waals surface area contributed by atoms with Gasteiger partial charge in [-0.1, -0.05) is 6.07 Å². The van der Waals surface area contributed by atoms with Crippen molar-refractivity contribution in [3.8, 4) is 11.5 Å². The van der Waals surface area contributed by atoms with E-state index < -0.39 is 0 Å². The van der Waals surface area contributed by atoms with Gasteiger partial charge in [0.05, 0.1) is 7.11 Å². The van der Waals surface area contributed by atoms with Crippen LogP contribution in [0.5, 0.6) is 11.5 Å². The summed E-state index contributed by atoms with van der Waals surface area (Å²) in [4.78, 5) is 2.45. The van der Waals surface area contributed by atoms with Crippen molar-refractivity contribution in [2.75, 3.05) is 33.3 Å². The SMILES string of the molecule is COc1cc(C(C)(C)N2CCNCC2)ccc1O. The van der Waals surface area contributed by atoms with Crippen LogP contribution in [-0.2, 0) is 5.54 Å². The van der Waals surface area contributed by atoms with E-state index in [1.165, 1.54) is 5.56 Å². The molecular formula is C14H22N2O2. The van der Waals surface area contributed by atoms with Gasteiger partial charge in [-0.25, -0.2) is 0 Å². The lowest BCUT2D eigenvalue weighted by atomic mass is 9.91. The van der Waals surface area contributed by atoms with Gasteiger partial charge in [-0.2, -0.15) is 0 Å². The largest absolute Gasteiger partial charge is 0.504 e. The van der Waals surface area contributed by atoms with Crippen molar-refractivity contribution in [2.45, 2.75) is 19.4 Å². The number of rotatable bonds is 3. The van der Waals surface area contributed by atoms with Gasteiger partial charge in [0.2, 0.25) is 0 Å². The zero-order chi connectivity index (χ0) is 13.2. The van der Waals surface area contributed by atoms with Crippen LogP contribution in [0.15, 0.2) is 18.2 Å². The Kier molecular flexibility index (Phi) is 3.78. The first-order valence-corrected chi connectivity index (χ1v) is 6.39. The van der Waals surface area contributed by atoms with Crippen molar-refractivity contribution in [3.05, 3.63) is 23.8 Å². The fraction of sp³-hybridized carbons (Fsp3) is 0.571. The number of methoxy groups -OCH3 is 1. The summed E-state index contributed by atoms with van der Waals surface area (Å²) < 4.78 is 5.19. The van der Waals surface area contributed by atoms with Gasteiger partial charge in [0.25, 0.3) is 0 Å². The molecule has 4 nitrogen and oxygen atoms in total. The number of phenols is 1. The van der Waals surface area contributed by atoms with Crippen LogP contribution in [0.3, 0.4) is 0 Å². The molecule has 1 heterocycles. The standard InChI is InChI=1S/C14H22N2O2/c1-14(2,16-8-6-15-7-9-16)11-4-5-12(17)13(10-11)18-3/h4-5,10,15,17H,6-9H2,1-3H3. The molecule has 2 rings (SSSR count). The Morgan fingerprint density at radius 3 is 2.56 bits per heavy atom. The molecule has 2 N–H and O–H groups in total. The van der Waals surface area contributed by atoms with Crippen LogP contribution in [0.25, 0.3) is 0 Å². The van der Waals surface area contributed by atoms with Gasteiger partial charge in [-0.05, 0) is 31.5 Å². The van der Waals surface area contributed by atoms with E-state index in [2.05, 4.69) is 24.1 Å². The molecule has 0 atom stereocenters. The summed E-state index contributed by atoms with van der Waals surface area (Å²) in [6.07, 6.45) is 0. The highest BCUT2D eigenvalue weighted by Crippen LogP contribution is 2.34. The Balaban J connectivity index is 2.27.